The molecule has 1 aromatic rings. The molecule has 1 heterocycles. The summed E-state index contributed by atoms with van der Waals surface area (Å²) in [4.78, 5) is 14.7. The fourth-order valence-corrected chi connectivity index (χ4v) is 3.35. The Kier molecular flexibility index (Phi) is 5.61. The third-order valence-corrected chi connectivity index (χ3v) is 5.10. The molecular weight excluding hydrogens is 304 g/mol. The smallest absolute Gasteiger partial charge is 0.227 e. The molecule has 132 valence electrons. The molecular formula is C19H28N2O3. The number of hydrogen-bond acceptors (Lipinski definition) is 4. The van der Waals surface area contributed by atoms with Gasteiger partial charge in [0.25, 0.3) is 0 Å². The van der Waals surface area contributed by atoms with Gasteiger partial charge in [-0.1, -0.05) is 6.07 Å². The Labute approximate surface area is 144 Å². The Morgan fingerprint density at radius 3 is 2.29 bits per heavy atom. The van der Waals surface area contributed by atoms with Crippen LogP contribution in [-0.4, -0.2) is 50.7 Å². The minimum atomic E-state index is 0.151. The van der Waals surface area contributed by atoms with Crippen molar-refractivity contribution in [2.75, 3.05) is 33.9 Å². The Hall–Kier alpha value is -1.75. The number of likely N-dealkylation sites (tertiary alicyclic amines) is 1. The van der Waals surface area contributed by atoms with Gasteiger partial charge in [-0.25, -0.2) is 0 Å². The van der Waals surface area contributed by atoms with Crippen LogP contribution in [0.25, 0.3) is 0 Å². The summed E-state index contributed by atoms with van der Waals surface area (Å²) in [5.41, 5.74) is 0.835. The minimum Gasteiger partial charge on any atom is -0.496 e. The molecule has 0 aromatic heterocycles. The number of rotatable bonds is 7. The monoisotopic (exact) mass is 332 g/mol. The van der Waals surface area contributed by atoms with Crippen molar-refractivity contribution in [2.45, 2.75) is 38.1 Å². The van der Waals surface area contributed by atoms with Crippen LogP contribution in [0.5, 0.6) is 11.5 Å². The van der Waals surface area contributed by atoms with Crippen molar-refractivity contribution in [2.24, 2.45) is 5.92 Å². The highest BCUT2D eigenvalue weighted by Crippen LogP contribution is 2.30. The van der Waals surface area contributed by atoms with Gasteiger partial charge in [0, 0.05) is 24.7 Å². The first-order valence-electron chi connectivity index (χ1n) is 8.92. The van der Waals surface area contributed by atoms with Gasteiger partial charge in [0.1, 0.15) is 11.5 Å². The van der Waals surface area contributed by atoms with Crippen LogP contribution < -0.4 is 14.8 Å². The second-order valence-electron chi connectivity index (χ2n) is 6.82. The molecule has 1 aromatic carbocycles. The second kappa shape index (κ2) is 7.88. The zero-order valence-electron chi connectivity index (χ0n) is 14.7. The van der Waals surface area contributed by atoms with Crippen LogP contribution >= 0.6 is 0 Å². The van der Waals surface area contributed by atoms with E-state index >= 15 is 0 Å². The second-order valence-corrected chi connectivity index (χ2v) is 6.82. The molecule has 0 unspecified atom stereocenters. The summed E-state index contributed by atoms with van der Waals surface area (Å²) in [5.74, 6) is 2.48. The average molecular weight is 332 g/mol. The van der Waals surface area contributed by atoms with Crippen molar-refractivity contribution in [1.29, 1.82) is 0 Å². The number of benzene rings is 1. The molecule has 0 atom stereocenters. The van der Waals surface area contributed by atoms with Gasteiger partial charge in [0.05, 0.1) is 20.6 Å². The highest BCUT2D eigenvalue weighted by molar-refractivity contribution is 5.80. The molecule has 1 saturated heterocycles. The first-order chi connectivity index (χ1) is 11.7. The molecule has 5 heteroatoms. The van der Waals surface area contributed by atoms with Gasteiger partial charge in [-0.05, 0) is 50.3 Å². The van der Waals surface area contributed by atoms with Crippen LogP contribution in [0.1, 0.15) is 31.2 Å². The SMILES string of the molecule is COc1cccc(OC)c1CC(=O)N1CCC(NCC2CC2)CC1. The van der Waals surface area contributed by atoms with Crippen molar-refractivity contribution < 1.29 is 14.3 Å². The minimum absolute atomic E-state index is 0.151. The summed E-state index contributed by atoms with van der Waals surface area (Å²) in [6, 6.07) is 6.19. The predicted octanol–water partition coefficient (Wildman–Crippen LogP) is 2.24. The lowest BCUT2D eigenvalue weighted by molar-refractivity contribution is -0.131. The van der Waals surface area contributed by atoms with E-state index in [1.165, 1.54) is 12.8 Å². The van der Waals surface area contributed by atoms with E-state index in [0.717, 1.165) is 44.0 Å². The van der Waals surface area contributed by atoms with Crippen LogP contribution in [0, 0.1) is 5.92 Å². The number of methoxy groups -OCH3 is 2. The van der Waals surface area contributed by atoms with E-state index in [-0.39, 0.29) is 5.91 Å². The maximum absolute atomic E-state index is 12.7. The number of ether oxygens (including phenoxy) is 2. The summed E-state index contributed by atoms with van der Waals surface area (Å²) in [6.07, 6.45) is 5.17. The van der Waals surface area contributed by atoms with Crippen molar-refractivity contribution in [3.8, 4) is 11.5 Å². The maximum Gasteiger partial charge on any atom is 0.227 e. The van der Waals surface area contributed by atoms with Crippen LogP contribution in [0.3, 0.4) is 0 Å². The van der Waals surface area contributed by atoms with Gasteiger partial charge < -0.3 is 19.7 Å². The van der Waals surface area contributed by atoms with Gasteiger partial charge in [0.15, 0.2) is 0 Å². The van der Waals surface area contributed by atoms with Crippen LogP contribution in [-0.2, 0) is 11.2 Å². The number of hydrogen-bond donors (Lipinski definition) is 1. The van der Waals surface area contributed by atoms with Gasteiger partial charge in [0.2, 0.25) is 5.91 Å². The summed E-state index contributed by atoms with van der Waals surface area (Å²) < 4.78 is 10.8. The number of nitrogens with zero attached hydrogens (tertiary/aromatic N) is 1. The predicted molar refractivity (Wildman–Crippen MR) is 93.6 cm³/mol. The van der Waals surface area contributed by atoms with Crippen LogP contribution in [0.15, 0.2) is 18.2 Å². The van der Waals surface area contributed by atoms with E-state index < -0.39 is 0 Å². The lowest BCUT2D eigenvalue weighted by Gasteiger charge is -2.33. The Bertz CT molecular complexity index is 541. The van der Waals surface area contributed by atoms with Crippen molar-refractivity contribution in [3.63, 3.8) is 0 Å². The number of nitrogens with one attached hydrogen (secondary N) is 1. The quantitative estimate of drug-likeness (QED) is 0.832. The fraction of sp³-hybridized carbons (Fsp3) is 0.632. The number of amides is 1. The van der Waals surface area contributed by atoms with Gasteiger partial charge in [-0.3, -0.25) is 4.79 Å². The Morgan fingerprint density at radius 2 is 1.75 bits per heavy atom. The topological polar surface area (TPSA) is 50.8 Å². The fourth-order valence-electron chi connectivity index (χ4n) is 3.35. The third kappa shape index (κ3) is 4.20. The Morgan fingerprint density at radius 1 is 1.12 bits per heavy atom. The molecule has 3 rings (SSSR count). The van der Waals surface area contributed by atoms with Crippen LogP contribution in [0.4, 0.5) is 0 Å². The summed E-state index contributed by atoms with van der Waals surface area (Å²) >= 11 is 0. The van der Waals surface area contributed by atoms with E-state index in [9.17, 15) is 4.79 Å². The Balaban J connectivity index is 1.54. The van der Waals surface area contributed by atoms with Gasteiger partial charge >= 0.3 is 0 Å². The molecule has 1 N–H and O–H groups in total. The summed E-state index contributed by atoms with van der Waals surface area (Å²) in [7, 11) is 3.25. The zero-order chi connectivity index (χ0) is 16.9. The molecule has 2 fully saturated rings. The number of carbonyl (C=O) groups is 1. The molecule has 1 saturated carbocycles. The number of carbonyl (C=O) groups excluding carboxylic acids is 1. The van der Waals surface area contributed by atoms with Crippen molar-refractivity contribution in [3.05, 3.63) is 23.8 Å². The molecule has 24 heavy (non-hydrogen) atoms. The van der Waals surface area contributed by atoms with E-state index in [1.807, 2.05) is 23.1 Å². The largest absolute Gasteiger partial charge is 0.496 e. The highest BCUT2D eigenvalue weighted by atomic mass is 16.5. The molecule has 1 amide bonds. The zero-order valence-corrected chi connectivity index (χ0v) is 14.7. The average Bonchev–Trinajstić information content (AvgIpc) is 3.45. The van der Waals surface area contributed by atoms with Crippen molar-refractivity contribution in [1.82, 2.24) is 10.2 Å². The lowest BCUT2D eigenvalue weighted by atomic mass is 10.0. The summed E-state index contributed by atoms with van der Waals surface area (Å²) in [6.45, 7) is 2.81. The van der Waals surface area contributed by atoms with Crippen molar-refractivity contribution >= 4 is 5.91 Å². The standard InChI is InChI=1S/C19H28N2O3/c1-23-17-4-3-5-18(24-2)16(17)12-19(22)21-10-8-15(9-11-21)20-13-14-6-7-14/h3-5,14-15,20H,6-13H2,1-2H3. The first-order valence-corrected chi connectivity index (χ1v) is 8.92. The molecule has 1 aliphatic heterocycles. The first kappa shape index (κ1) is 17.1. The maximum atomic E-state index is 12.7. The lowest BCUT2D eigenvalue weighted by Crippen LogP contribution is -2.45. The van der Waals surface area contributed by atoms with Gasteiger partial charge in [-0.15, -0.1) is 0 Å². The highest BCUT2D eigenvalue weighted by Gasteiger charge is 2.26. The molecule has 5 nitrogen and oxygen atoms in total. The van der Waals surface area contributed by atoms with Crippen LogP contribution in [0.2, 0.25) is 0 Å². The van der Waals surface area contributed by atoms with E-state index in [0.29, 0.717) is 24.0 Å². The van der Waals surface area contributed by atoms with E-state index in [4.69, 9.17) is 9.47 Å². The van der Waals surface area contributed by atoms with E-state index in [1.54, 1.807) is 14.2 Å². The molecule has 0 radical (unpaired) electrons. The van der Waals surface area contributed by atoms with E-state index in [2.05, 4.69) is 5.32 Å². The molecule has 2 aliphatic rings. The molecule has 0 bridgehead atoms. The molecule has 1 aliphatic carbocycles. The van der Waals surface area contributed by atoms with Gasteiger partial charge in [-0.2, -0.15) is 0 Å². The third-order valence-electron chi connectivity index (χ3n) is 5.10. The summed E-state index contributed by atoms with van der Waals surface area (Å²) in [5, 5.41) is 3.65. The number of piperidine rings is 1. The molecule has 0 spiro atoms. The normalized spacial score (nSPS) is 18.5.